The van der Waals surface area contributed by atoms with Crippen LogP contribution < -0.4 is 15.6 Å². The topological polar surface area (TPSA) is 66.5 Å². The van der Waals surface area contributed by atoms with Crippen LogP contribution in [0.3, 0.4) is 0 Å². The Morgan fingerprint density at radius 2 is 2.00 bits per heavy atom. The second kappa shape index (κ2) is 10.1. The number of nitrogens with one attached hydrogen (secondary N) is 2. The van der Waals surface area contributed by atoms with Crippen molar-refractivity contribution in [1.82, 2.24) is 20.7 Å². The highest BCUT2D eigenvalue weighted by atomic mass is 35.5. The van der Waals surface area contributed by atoms with Crippen LogP contribution in [-0.4, -0.2) is 42.0 Å². The number of likely N-dealkylation sites (N-methyl/N-ethyl adjacent to an activating group) is 1. The Balaban J connectivity index is 1.22. The number of carbonyl (C=O) groups is 1. The molecule has 1 aromatic heterocycles. The molecule has 2 aromatic carbocycles. The zero-order valence-electron chi connectivity index (χ0n) is 17.6. The van der Waals surface area contributed by atoms with Crippen LogP contribution in [0.5, 0.6) is 5.75 Å². The van der Waals surface area contributed by atoms with Crippen LogP contribution in [0.1, 0.15) is 30.9 Å². The second-order valence-corrected chi connectivity index (χ2v) is 8.28. The number of hydrazine groups is 1. The van der Waals surface area contributed by atoms with Crippen LogP contribution in [0.2, 0.25) is 5.02 Å². The number of ether oxygens (including phenoxy) is 1. The van der Waals surface area contributed by atoms with E-state index in [1.165, 1.54) is 5.56 Å². The number of hydrogen-bond donors (Lipinski definition) is 2. The Morgan fingerprint density at radius 1 is 1.16 bits per heavy atom. The SMILES string of the molecule is CN(CCCC1CC(c2ccccc2)NN1)C(=O)COc1ccc(Cl)c2cccnc12. The molecule has 0 bridgehead atoms. The van der Waals surface area contributed by atoms with Gasteiger partial charge in [-0.2, -0.15) is 0 Å². The molecule has 2 unspecified atom stereocenters. The first kappa shape index (κ1) is 21.6. The first-order chi connectivity index (χ1) is 15.1. The normalized spacial score (nSPS) is 18.3. The van der Waals surface area contributed by atoms with Gasteiger partial charge in [-0.05, 0) is 49.1 Å². The molecule has 1 amide bonds. The van der Waals surface area contributed by atoms with Gasteiger partial charge < -0.3 is 9.64 Å². The summed E-state index contributed by atoms with van der Waals surface area (Å²) in [5.74, 6) is 0.508. The Labute approximate surface area is 187 Å². The predicted molar refractivity (Wildman–Crippen MR) is 123 cm³/mol. The van der Waals surface area contributed by atoms with E-state index in [1.54, 1.807) is 23.2 Å². The van der Waals surface area contributed by atoms with Crippen molar-refractivity contribution in [2.45, 2.75) is 31.3 Å². The zero-order chi connectivity index (χ0) is 21.6. The van der Waals surface area contributed by atoms with Crippen molar-refractivity contribution >= 4 is 28.4 Å². The first-order valence-corrected chi connectivity index (χ1v) is 11.0. The third-order valence-corrected chi connectivity index (χ3v) is 6.02. The quantitative estimate of drug-likeness (QED) is 0.554. The Hall–Kier alpha value is -2.67. The summed E-state index contributed by atoms with van der Waals surface area (Å²) in [5.41, 5.74) is 8.72. The Morgan fingerprint density at radius 3 is 2.84 bits per heavy atom. The predicted octanol–water partition coefficient (Wildman–Crippen LogP) is 4.11. The molecule has 31 heavy (non-hydrogen) atoms. The van der Waals surface area contributed by atoms with E-state index in [4.69, 9.17) is 16.3 Å². The molecule has 4 rings (SSSR count). The molecule has 2 atom stereocenters. The number of pyridine rings is 1. The summed E-state index contributed by atoms with van der Waals surface area (Å²) in [5, 5.41) is 1.43. The molecule has 1 fully saturated rings. The lowest BCUT2D eigenvalue weighted by Gasteiger charge is -2.19. The number of carbonyl (C=O) groups excluding carboxylic acids is 1. The van der Waals surface area contributed by atoms with Gasteiger partial charge in [-0.25, -0.2) is 0 Å². The Bertz CT molecular complexity index is 1030. The fourth-order valence-electron chi connectivity index (χ4n) is 3.89. The number of halogens is 1. The van der Waals surface area contributed by atoms with Crippen LogP contribution in [0.15, 0.2) is 60.8 Å². The highest BCUT2D eigenvalue weighted by Gasteiger charge is 2.24. The van der Waals surface area contributed by atoms with Crippen molar-refractivity contribution in [2.75, 3.05) is 20.2 Å². The van der Waals surface area contributed by atoms with Gasteiger partial charge in [0.05, 0.1) is 5.02 Å². The number of aromatic nitrogens is 1. The van der Waals surface area contributed by atoms with E-state index in [0.29, 0.717) is 34.9 Å². The number of benzene rings is 2. The van der Waals surface area contributed by atoms with Crippen LogP contribution in [-0.2, 0) is 4.79 Å². The minimum atomic E-state index is -0.0568. The maximum absolute atomic E-state index is 12.5. The lowest BCUT2D eigenvalue weighted by molar-refractivity contribution is -0.132. The van der Waals surface area contributed by atoms with E-state index in [1.807, 2.05) is 25.2 Å². The molecule has 0 saturated carbocycles. The molecule has 1 aliphatic heterocycles. The standard InChI is InChI=1S/C24H27ClN4O2/c1-29(14-6-9-18-15-21(28-27-18)17-7-3-2-4-8-17)23(30)16-31-22-12-11-20(25)19-10-5-13-26-24(19)22/h2-5,7-8,10-13,18,21,27-28H,6,9,14-16H2,1H3. The summed E-state index contributed by atoms with van der Waals surface area (Å²) >= 11 is 6.22. The highest BCUT2D eigenvalue weighted by molar-refractivity contribution is 6.35. The molecule has 6 nitrogen and oxygen atoms in total. The van der Waals surface area contributed by atoms with Crippen molar-refractivity contribution in [3.05, 3.63) is 71.4 Å². The number of fused-ring (bicyclic) bond motifs is 1. The van der Waals surface area contributed by atoms with Crippen LogP contribution in [0.4, 0.5) is 0 Å². The minimum absolute atomic E-state index is 0.0247. The summed E-state index contributed by atoms with van der Waals surface area (Å²) < 4.78 is 5.77. The van der Waals surface area contributed by atoms with Gasteiger partial charge >= 0.3 is 0 Å². The smallest absolute Gasteiger partial charge is 0.260 e. The molecule has 3 aromatic rings. The second-order valence-electron chi connectivity index (χ2n) is 7.88. The largest absolute Gasteiger partial charge is 0.481 e. The average molecular weight is 439 g/mol. The molecule has 2 heterocycles. The van der Waals surface area contributed by atoms with E-state index < -0.39 is 0 Å². The average Bonchev–Trinajstić information content (AvgIpc) is 3.28. The summed E-state index contributed by atoms with van der Waals surface area (Å²) in [6.07, 6.45) is 4.66. The van der Waals surface area contributed by atoms with Crippen LogP contribution in [0, 0.1) is 0 Å². The summed E-state index contributed by atoms with van der Waals surface area (Å²) in [6.45, 7) is 0.666. The van der Waals surface area contributed by atoms with E-state index in [9.17, 15) is 4.79 Å². The molecule has 0 aliphatic carbocycles. The molecule has 0 spiro atoms. The van der Waals surface area contributed by atoms with Crippen LogP contribution in [0.25, 0.3) is 10.9 Å². The van der Waals surface area contributed by atoms with E-state index in [2.05, 4.69) is 40.1 Å². The van der Waals surface area contributed by atoms with Crippen molar-refractivity contribution in [2.24, 2.45) is 0 Å². The lowest BCUT2D eigenvalue weighted by atomic mass is 10.00. The van der Waals surface area contributed by atoms with Crippen molar-refractivity contribution in [3.8, 4) is 5.75 Å². The van der Waals surface area contributed by atoms with E-state index in [-0.39, 0.29) is 12.5 Å². The molecule has 162 valence electrons. The fourth-order valence-corrected chi connectivity index (χ4v) is 4.11. The van der Waals surface area contributed by atoms with Gasteiger partial charge in [0.2, 0.25) is 0 Å². The van der Waals surface area contributed by atoms with Crippen LogP contribution >= 0.6 is 11.6 Å². The Kier molecular flexibility index (Phi) is 7.02. The van der Waals surface area contributed by atoms with Gasteiger partial charge in [0.25, 0.3) is 5.91 Å². The zero-order valence-corrected chi connectivity index (χ0v) is 18.3. The number of hydrogen-bond acceptors (Lipinski definition) is 5. The highest BCUT2D eigenvalue weighted by Crippen LogP contribution is 2.29. The molecule has 7 heteroatoms. The van der Waals surface area contributed by atoms with Crippen molar-refractivity contribution < 1.29 is 9.53 Å². The molecule has 0 radical (unpaired) electrons. The van der Waals surface area contributed by atoms with Gasteiger partial charge in [0.1, 0.15) is 11.3 Å². The first-order valence-electron chi connectivity index (χ1n) is 10.6. The number of rotatable bonds is 8. The summed E-state index contributed by atoms with van der Waals surface area (Å²) in [4.78, 5) is 18.6. The molecule has 1 aliphatic rings. The molecular formula is C24H27ClN4O2. The van der Waals surface area contributed by atoms with E-state index >= 15 is 0 Å². The fraction of sp³-hybridized carbons (Fsp3) is 0.333. The third kappa shape index (κ3) is 5.34. The van der Waals surface area contributed by atoms with Gasteiger partial charge in [-0.1, -0.05) is 41.9 Å². The van der Waals surface area contributed by atoms with Gasteiger partial charge in [-0.3, -0.25) is 20.6 Å². The lowest BCUT2D eigenvalue weighted by Crippen LogP contribution is -2.34. The number of nitrogens with zero attached hydrogens (tertiary/aromatic N) is 2. The molecule has 2 N–H and O–H groups in total. The molecule has 1 saturated heterocycles. The van der Waals surface area contributed by atoms with Gasteiger partial charge in [-0.15, -0.1) is 0 Å². The maximum Gasteiger partial charge on any atom is 0.260 e. The monoisotopic (exact) mass is 438 g/mol. The van der Waals surface area contributed by atoms with Gasteiger partial charge in [0.15, 0.2) is 6.61 Å². The van der Waals surface area contributed by atoms with Crippen molar-refractivity contribution in [3.63, 3.8) is 0 Å². The van der Waals surface area contributed by atoms with Gasteiger partial charge in [0, 0.05) is 37.3 Å². The van der Waals surface area contributed by atoms with E-state index in [0.717, 1.165) is 24.6 Å². The molecular weight excluding hydrogens is 412 g/mol. The maximum atomic E-state index is 12.5. The summed E-state index contributed by atoms with van der Waals surface area (Å²) in [6, 6.07) is 18.4. The third-order valence-electron chi connectivity index (χ3n) is 5.69. The summed E-state index contributed by atoms with van der Waals surface area (Å²) in [7, 11) is 1.82. The minimum Gasteiger partial charge on any atom is -0.481 e. The number of amides is 1. The van der Waals surface area contributed by atoms with Crippen molar-refractivity contribution in [1.29, 1.82) is 0 Å².